The maximum absolute atomic E-state index is 11.5. The lowest BCUT2D eigenvalue weighted by molar-refractivity contribution is 0.0517. The molecule has 1 aromatic heterocycles. The number of hydrogen-bond acceptors (Lipinski definition) is 3. The van der Waals surface area contributed by atoms with Crippen molar-refractivity contribution in [2.75, 3.05) is 6.61 Å². The number of rotatable bonds is 2. The van der Waals surface area contributed by atoms with Gasteiger partial charge in [-0.3, -0.25) is 0 Å². The molecule has 0 aliphatic rings. The maximum Gasteiger partial charge on any atom is 0.358 e. The summed E-state index contributed by atoms with van der Waals surface area (Å²) < 4.78 is 4.80. The minimum absolute atomic E-state index is 0.0324. The van der Waals surface area contributed by atoms with Crippen molar-refractivity contribution in [3.63, 3.8) is 0 Å². The highest BCUT2D eigenvalue weighted by molar-refractivity contribution is 6.35. The standard InChI is InChI=1S/C11H10ClNO3/c1-2-16-11(15)9-10(14)6-4-3-5-7(12)8(6)13-9/h3-5,13-14H,2H2,1H3. The van der Waals surface area contributed by atoms with Gasteiger partial charge in [-0.25, -0.2) is 4.79 Å². The van der Waals surface area contributed by atoms with Crippen molar-refractivity contribution in [1.29, 1.82) is 0 Å². The second-order valence-corrected chi connectivity index (χ2v) is 3.64. The fourth-order valence-corrected chi connectivity index (χ4v) is 1.74. The van der Waals surface area contributed by atoms with Gasteiger partial charge in [0.2, 0.25) is 0 Å². The SMILES string of the molecule is CCOC(=O)c1[nH]c2c(Cl)cccc2c1O. The number of carbonyl (C=O) groups excluding carboxylic acids is 1. The van der Waals surface area contributed by atoms with Gasteiger partial charge < -0.3 is 14.8 Å². The Morgan fingerprint density at radius 1 is 1.56 bits per heavy atom. The molecule has 2 N–H and O–H groups in total. The van der Waals surface area contributed by atoms with Gasteiger partial charge in [0.15, 0.2) is 11.4 Å². The normalized spacial score (nSPS) is 10.6. The summed E-state index contributed by atoms with van der Waals surface area (Å²) >= 11 is 5.93. The van der Waals surface area contributed by atoms with Gasteiger partial charge in [-0.15, -0.1) is 0 Å². The second kappa shape index (κ2) is 4.06. The van der Waals surface area contributed by atoms with E-state index in [0.29, 0.717) is 15.9 Å². The number of nitrogens with one attached hydrogen (secondary N) is 1. The zero-order chi connectivity index (χ0) is 11.7. The van der Waals surface area contributed by atoms with Crippen LogP contribution in [0.15, 0.2) is 18.2 Å². The number of esters is 1. The van der Waals surface area contributed by atoms with E-state index >= 15 is 0 Å². The molecule has 0 fully saturated rings. The molecule has 2 rings (SSSR count). The predicted octanol–water partition coefficient (Wildman–Crippen LogP) is 2.70. The highest BCUT2D eigenvalue weighted by Gasteiger charge is 2.19. The summed E-state index contributed by atoms with van der Waals surface area (Å²) in [6.07, 6.45) is 0. The molecule has 84 valence electrons. The lowest BCUT2D eigenvalue weighted by Gasteiger charge is -1.98. The number of aromatic hydroxyl groups is 1. The van der Waals surface area contributed by atoms with E-state index in [0.717, 1.165) is 0 Å². The number of para-hydroxylation sites is 1. The van der Waals surface area contributed by atoms with Gasteiger partial charge in [-0.2, -0.15) is 0 Å². The molecule has 0 saturated carbocycles. The van der Waals surface area contributed by atoms with Gasteiger partial charge in [0.05, 0.1) is 17.1 Å². The highest BCUT2D eigenvalue weighted by atomic mass is 35.5. The van der Waals surface area contributed by atoms with Crippen molar-refractivity contribution in [1.82, 2.24) is 4.98 Å². The second-order valence-electron chi connectivity index (χ2n) is 3.23. The lowest BCUT2D eigenvalue weighted by Crippen LogP contribution is -2.04. The Hall–Kier alpha value is -1.68. The largest absolute Gasteiger partial charge is 0.505 e. The number of fused-ring (bicyclic) bond motifs is 1. The van der Waals surface area contributed by atoms with Crippen LogP contribution >= 0.6 is 11.6 Å². The fraction of sp³-hybridized carbons (Fsp3) is 0.182. The van der Waals surface area contributed by atoms with E-state index in [1.165, 1.54) is 0 Å². The van der Waals surface area contributed by atoms with Crippen LogP contribution in [-0.4, -0.2) is 22.7 Å². The summed E-state index contributed by atoms with van der Waals surface area (Å²) in [5.41, 5.74) is 0.565. The topological polar surface area (TPSA) is 62.3 Å². The van der Waals surface area contributed by atoms with Crippen LogP contribution < -0.4 is 0 Å². The van der Waals surface area contributed by atoms with Crippen LogP contribution in [0.1, 0.15) is 17.4 Å². The first-order valence-electron chi connectivity index (χ1n) is 4.81. The van der Waals surface area contributed by atoms with Crippen molar-refractivity contribution in [3.05, 3.63) is 28.9 Å². The van der Waals surface area contributed by atoms with Crippen LogP contribution in [-0.2, 0) is 4.74 Å². The van der Waals surface area contributed by atoms with Crippen molar-refractivity contribution < 1.29 is 14.6 Å². The predicted molar refractivity (Wildman–Crippen MR) is 60.9 cm³/mol. The van der Waals surface area contributed by atoms with Crippen LogP contribution in [0.2, 0.25) is 5.02 Å². The monoisotopic (exact) mass is 239 g/mol. The molecule has 1 heterocycles. The fourth-order valence-electron chi connectivity index (χ4n) is 1.52. The molecule has 0 aliphatic heterocycles. The quantitative estimate of drug-likeness (QED) is 0.792. The first-order chi connectivity index (χ1) is 7.65. The van der Waals surface area contributed by atoms with Crippen molar-refractivity contribution in [3.8, 4) is 5.75 Å². The molecule has 16 heavy (non-hydrogen) atoms. The number of aromatic amines is 1. The van der Waals surface area contributed by atoms with Gasteiger partial charge in [0, 0.05) is 5.39 Å². The summed E-state index contributed by atoms with van der Waals surface area (Å²) in [5, 5.41) is 10.8. The number of halogens is 1. The van der Waals surface area contributed by atoms with Crippen molar-refractivity contribution in [2.24, 2.45) is 0 Å². The zero-order valence-corrected chi connectivity index (χ0v) is 9.34. The Bertz CT molecular complexity index is 547. The summed E-state index contributed by atoms with van der Waals surface area (Å²) in [6, 6.07) is 5.05. The Balaban J connectivity index is 2.60. The third-order valence-corrected chi connectivity index (χ3v) is 2.55. The zero-order valence-electron chi connectivity index (χ0n) is 8.58. The van der Waals surface area contributed by atoms with E-state index in [2.05, 4.69) is 4.98 Å². The number of aromatic nitrogens is 1. The molecule has 5 heteroatoms. The minimum atomic E-state index is -0.590. The molecule has 2 aromatic rings. The summed E-state index contributed by atoms with van der Waals surface area (Å²) in [7, 11) is 0. The van der Waals surface area contributed by atoms with Gasteiger partial charge in [0.1, 0.15) is 0 Å². The Kier molecular flexibility index (Phi) is 2.75. The number of H-pyrrole nitrogens is 1. The molecule has 4 nitrogen and oxygen atoms in total. The number of benzene rings is 1. The van der Waals surface area contributed by atoms with E-state index in [1.54, 1.807) is 25.1 Å². The molecular weight excluding hydrogens is 230 g/mol. The molecule has 0 spiro atoms. The van der Waals surface area contributed by atoms with E-state index in [9.17, 15) is 9.90 Å². The van der Waals surface area contributed by atoms with E-state index in [1.807, 2.05) is 0 Å². The average Bonchev–Trinajstić information content (AvgIpc) is 2.59. The third kappa shape index (κ3) is 1.61. The van der Waals surface area contributed by atoms with Gasteiger partial charge in [-0.1, -0.05) is 17.7 Å². The van der Waals surface area contributed by atoms with E-state index in [-0.39, 0.29) is 18.1 Å². The minimum Gasteiger partial charge on any atom is -0.505 e. The first-order valence-corrected chi connectivity index (χ1v) is 5.19. The molecule has 0 radical (unpaired) electrons. The molecule has 0 atom stereocenters. The summed E-state index contributed by atoms with van der Waals surface area (Å²) in [5.74, 6) is -0.719. The molecule has 0 unspecified atom stereocenters. The smallest absolute Gasteiger partial charge is 0.358 e. The molecule has 0 amide bonds. The van der Waals surface area contributed by atoms with Gasteiger partial charge in [-0.05, 0) is 19.1 Å². The molecule has 1 aromatic carbocycles. The third-order valence-electron chi connectivity index (χ3n) is 2.24. The Morgan fingerprint density at radius 2 is 2.31 bits per heavy atom. The molecular formula is C11H10ClNO3. The number of carbonyl (C=O) groups is 1. The number of ether oxygens (including phenoxy) is 1. The summed E-state index contributed by atoms with van der Waals surface area (Å²) in [6.45, 7) is 1.95. The van der Waals surface area contributed by atoms with Gasteiger partial charge in [0.25, 0.3) is 0 Å². The highest BCUT2D eigenvalue weighted by Crippen LogP contribution is 2.33. The van der Waals surface area contributed by atoms with Crippen LogP contribution in [0.3, 0.4) is 0 Å². The average molecular weight is 240 g/mol. The van der Waals surface area contributed by atoms with E-state index < -0.39 is 5.97 Å². The van der Waals surface area contributed by atoms with Crippen LogP contribution in [0.25, 0.3) is 10.9 Å². The molecule has 0 bridgehead atoms. The molecule has 0 aliphatic carbocycles. The maximum atomic E-state index is 11.5. The number of hydrogen-bond donors (Lipinski definition) is 2. The van der Waals surface area contributed by atoms with Gasteiger partial charge >= 0.3 is 5.97 Å². The first kappa shape index (κ1) is 10.8. The molecule has 0 saturated heterocycles. The van der Waals surface area contributed by atoms with E-state index in [4.69, 9.17) is 16.3 Å². The lowest BCUT2D eigenvalue weighted by atomic mass is 10.2. The van der Waals surface area contributed by atoms with Crippen molar-refractivity contribution in [2.45, 2.75) is 6.92 Å². The van der Waals surface area contributed by atoms with Crippen LogP contribution in [0.5, 0.6) is 5.75 Å². The van der Waals surface area contributed by atoms with Crippen LogP contribution in [0, 0.1) is 0 Å². The van der Waals surface area contributed by atoms with Crippen LogP contribution in [0.4, 0.5) is 0 Å². The Labute approximate surface area is 96.8 Å². The summed E-state index contributed by atoms with van der Waals surface area (Å²) in [4.78, 5) is 14.3. The Morgan fingerprint density at radius 3 is 2.94 bits per heavy atom. The van der Waals surface area contributed by atoms with Crippen molar-refractivity contribution >= 4 is 28.5 Å².